The molecule has 1 nitrogen and oxygen atoms in total. The average Bonchev–Trinajstić information content (AvgIpc) is 2.86. The van der Waals surface area contributed by atoms with E-state index in [-0.39, 0.29) is 6.04 Å². The van der Waals surface area contributed by atoms with Crippen molar-refractivity contribution < 1.29 is 0 Å². The number of nitrogens with one attached hydrogen (secondary N) is 1. The molecular weight excluding hydrogens is 274 g/mol. The van der Waals surface area contributed by atoms with Crippen LogP contribution in [-0.2, 0) is 12.8 Å². The van der Waals surface area contributed by atoms with E-state index in [9.17, 15) is 0 Å². The average molecular weight is 292 g/mol. The quantitative estimate of drug-likeness (QED) is 0.872. The Kier molecular flexibility index (Phi) is 3.92. The van der Waals surface area contributed by atoms with Crippen molar-refractivity contribution in [2.24, 2.45) is 0 Å². The van der Waals surface area contributed by atoms with Crippen LogP contribution in [-0.4, -0.2) is 7.05 Å². The highest BCUT2D eigenvalue weighted by Gasteiger charge is 2.18. The van der Waals surface area contributed by atoms with E-state index >= 15 is 0 Å². The Labute approximate surface area is 123 Å². The van der Waals surface area contributed by atoms with Crippen molar-refractivity contribution in [2.45, 2.75) is 31.7 Å². The van der Waals surface area contributed by atoms with E-state index in [4.69, 9.17) is 11.6 Å². The minimum atomic E-state index is 0.208. The number of rotatable bonds is 3. The van der Waals surface area contributed by atoms with Gasteiger partial charge < -0.3 is 5.32 Å². The first-order chi connectivity index (χ1) is 9.29. The van der Waals surface area contributed by atoms with E-state index in [1.807, 2.05) is 13.1 Å². The third-order valence-corrected chi connectivity index (χ3v) is 5.32. The summed E-state index contributed by atoms with van der Waals surface area (Å²) in [5.41, 5.74) is 4.38. The first-order valence-electron chi connectivity index (χ1n) is 6.81. The lowest BCUT2D eigenvalue weighted by molar-refractivity contribution is 0.672. The Balaban J connectivity index is 1.98. The SMILES string of the molecule is CNC(c1ccc2c(c1)CCCC2)c1sccc1Cl. The molecule has 0 aliphatic heterocycles. The van der Waals surface area contributed by atoms with E-state index in [0.717, 1.165) is 5.02 Å². The molecule has 3 heteroatoms. The molecule has 100 valence electrons. The minimum absolute atomic E-state index is 0.208. The Morgan fingerprint density at radius 1 is 1.16 bits per heavy atom. The lowest BCUT2D eigenvalue weighted by Crippen LogP contribution is -2.17. The maximum Gasteiger partial charge on any atom is 0.0683 e. The zero-order valence-electron chi connectivity index (χ0n) is 11.1. The molecule has 1 aromatic heterocycles. The van der Waals surface area contributed by atoms with Crippen LogP contribution in [0, 0.1) is 0 Å². The van der Waals surface area contributed by atoms with Gasteiger partial charge in [-0.25, -0.2) is 0 Å². The number of halogens is 1. The fourth-order valence-electron chi connectivity index (χ4n) is 2.89. The summed E-state index contributed by atoms with van der Waals surface area (Å²) in [5.74, 6) is 0. The van der Waals surface area contributed by atoms with Gasteiger partial charge in [-0.1, -0.05) is 29.8 Å². The Hall–Kier alpha value is -0.830. The Morgan fingerprint density at radius 3 is 2.63 bits per heavy atom. The summed E-state index contributed by atoms with van der Waals surface area (Å²) in [6, 6.07) is 9.10. The molecule has 0 radical (unpaired) electrons. The summed E-state index contributed by atoms with van der Waals surface area (Å²) >= 11 is 8.00. The second-order valence-corrected chi connectivity index (χ2v) is 6.44. The zero-order valence-corrected chi connectivity index (χ0v) is 12.7. The summed E-state index contributed by atoms with van der Waals surface area (Å²) in [4.78, 5) is 1.21. The first-order valence-corrected chi connectivity index (χ1v) is 8.07. The normalized spacial score (nSPS) is 16.1. The third kappa shape index (κ3) is 2.58. The van der Waals surface area contributed by atoms with Gasteiger partial charge in [0.05, 0.1) is 11.1 Å². The molecule has 1 aliphatic rings. The van der Waals surface area contributed by atoms with Crippen molar-refractivity contribution in [1.82, 2.24) is 5.32 Å². The van der Waals surface area contributed by atoms with Crippen LogP contribution in [0.3, 0.4) is 0 Å². The van der Waals surface area contributed by atoms with Gasteiger partial charge in [0.2, 0.25) is 0 Å². The van der Waals surface area contributed by atoms with Crippen LogP contribution >= 0.6 is 22.9 Å². The summed E-state index contributed by atoms with van der Waals surface area (Å²) in [7, 11) is 2.00. The summed E-state index contributed by atoms with van der Waals surface area (Å²) in [6.07, 6.45) is 5.11. The van der Waals surface area contributed by atoms with Crippen LogP contribution in [0.4, 0.5) is 0 Å². The van der Waals surface area contributed by atoms with Gasteiger partial charge in [-0.2, -0.15) is 0 Å². The lowest BCUT2D eigenvalue weighted by Gasteiger charge is -2.21. The fraction of sp³-hybridized carbons (Fsp3) is 0.375. The van der Waals surface area contributed by atoms with Crippen molar-refractivity contribution in [2.75, 3.05) is 7.05 Å². The molecule has 0 amide bonds. The van der Waals surface area contributed by atoms with E-state index in [2.05, 4.69) is 28.9 Å². The lowest BCUT2D eigenvalue weighted by atomic mass is 9.89. The van der Waals surface area contributed by atoms with Gasteiger partial charge in [-0.15, -0.1) is 11.3 Å². The highest BCUT2D eigenvalue weighted by atomic mass is 35.5. The van der Waals surface area contributed by atoms with Gasteiger partial charge in [0.1, 0.15) is 0 Å². The van der Waals surface area contributed by atoms with Crippen LogP contribution in [0.2, 0.25) is 5.02 Å². The molecule has 0 bridgehead atoms. The number of aryl methyl sites for hydroxylation is 2. The van der Waals surface area contributed by atoms with Crippen LogP contribution in [0.5, 0.6) is 0 Å². The second-order valence-electron chi connectivity index (χ2n) is 5.09. The van der Waals surface area contributed by atoms with Crippen molar-refractivity contribution >= 4 is 22.9 Å². The summed E-state index contributed by atoms with van der Waals surface area (Å²) in [6.45, 7) is 0. The van der Waals surface area contributed by atoms with Crippen LogP contribution in [0.15, 0.2) is 29.6 Å². The molecule has 1 N–H and O–H groups in total. The molecule has 1 unspecified atom stereocenters. The van der Waals surface area contributed by atoms with Crippen LogP contribution in [0.1, 0.15) is 40.5 Å². The molecule has 19 heavy (non-hydrogen) atoms. The van der Waals surface area contributed by atoms with Crippen LogP contribution in [0.25, 0.3) is 0 Å². The van der Waals surface area contributed by atoms with Crippen molar-refractivity contribution in [1.29, 1.82) is 0 Å². The maximum absolute atomic E-state index is 6.28. The van der Waals surface area contributed by atoms with Crippen molar-refractivity contribution in [3.05, 3.63) is 56.2 Å². The standard InChI is InChI=1S/C16H18ClNS/c1-18-15(16-14(17)8-9-19-16)13-7-6-11-4-2-3-5-12(11)10-13/h6-10,15,18H,2-5H2,1H3. The molecule has 0 saturated heterocycles. The smallest absolute Gasteiger partial charge is 0.0683 e. The van der Waals surface area contributed by atoms with Gasteiger partial charge >= 0.3 is 0 Å². The van der Waals surface area contributed by atoms with E-state index in [1.54, 1.807) is 11.3 Å². The molecule has 1 aromatic carbocycles. The second kappa shape index (κ2) is 5.66. The number of fused-ring (bicyclic) bond motifs is 1. The molecule has 2 aromatic rings. The maximum atomic E-state index is 6.28. The topological polar surface area (TPSA) is 12.0 Å². The van der Waals surface area contributed by atoms with Crippen LogP contribution < -0.4 is 5.32 Å². The Bertz CT molecular complexity index is 576. The highest BCUT2D eigenvalue weighted by molar-refractivity contribution is 7.10. The van der Waals surface area contributed by atoms with Crippen molar-refractivity contribution in [3.8, 4) is 0 Å². The zero-order chi connectivity index (χ0) is 13.2. The molecule has 0 saturated carbocycles. The summed E-state index contributed by atoms with van der Waals surface area (Å²) < 4.78 is 0. The van der Waals surface area contributed by atoms with Crippen molar-refractivity contribution in [3.63, 3.8) is 0 Å². The van der Waals surface area contributed by atoms with E-state index < -0.39 is 0 Å². The van der Waals surface area contributed by atoms with Gasteiger partial charge in [-0.3, -0.25) is 0 Å². The first kappa shape index (κ1) is 13.2. The number of thiophene rings is 1. The minimum Gasteiger partial charge on any atom is -0.309 e. The van der Waals surface area contributed by atoms with Gasteiger partial charge in [0, 0.05) is 4.88 Å². The van der Waals surface area contributed by atoms with E-state index in [0.29, 0.717) is 0 Å². The molecule has 3 rings (SSSR count). The predicted octanol–water partition coefficient (Wildman–Crippen LogP) is 4.59. The highest BCUT2D eigenvalue weighted by Crippen LogP contribution is 2.34. The molecule has 1 atom stereocenters. The molecule has 1 heterocycles. The van der Waals surface area contributed by atoms with Gasteiger partial charge in [0.25, 0.3) is 0 Å². The van der Waals surface area contributed by atoms with Gasteiger partial charge in [0.15, 0.2) is 0 Å². The largest absolute Gasteiger partial charge is 0.309 e. The van der Waals surface area contributed by atoms with Gasteiger partial charge in [-0.05, 0) is 60.9 Å². The monoisotopic (exact) mass is 291 g/mol. The number of benzene rings is 1. The summed E-state index contributed by atoms with van der Waals surface area (Å²) in [5, 5.41) is 6.31. The third-order valence-electron chi connectivity index (χ3n) is 3.90. The molecular formula is C16H18ClNS. The molecule has 0 fully saturated rings. The number of hydrogen-bond acceptors (Lipinski definition) is 2. The molecule has 0 spiro atoms. The Morgan fingerprint density at radius 2 is 1.95 bits per heavy atom. The van der Waals surface area contributed by atoms with E-state index in [1.165, 1.54) is 47.3 Å². The number of hydrogen-bond donors (Lipinski definition) is 1. The predicted molar refractivity (Wildman–Crippen MR) is 83.3 cm³/mol. The fourth-order valence-corrected chi connectivity index (χ4v) is 4.20. The molecule has 1 aliphatic carbocycles.